The van der Waals surface area contributed by atoms with Crippen LogP contribution in [0.15, 0.2) is 0 Å². The lowest BCUT2D eigenvalue weighted by Crippen LogP contribution is -2.45. The molecule has 2 fully saturated rings. The summed E-state index contributed by atoms with van der Waals surface area (Å²) in [6, 6.07) is -0.785. The van der Waals surface area contributed by atoms with Crippen molar-refractivity contribution in [2.45, 2.75) is 49.0 Å². The van der Waals surface area contributed by atoms with Crippen molar-refractivity contribution < 1.29 is 24.2 Å². The maximum absolute atomic E-state index is 10.9. The van der Waals surface area contributed by atoms with Gasteiger partial charge < -0.3 is 19.9 Å². The highest BCUT2D eigenvalue weighted by molar-refractivity contribution is 7.99. The second-order valence-corrected chi connectivity index (χ2v) is 7.00. The number of hydrogen-bond donors (Lipinski definition) is 2. The average molecular weight is 317 g/mol. The van der Waals surface area contributed by atoms with E-state index in [1.807, 2.05) is 0 Å². The van der Waals surface area contributed by atoms with Crippen LogP contribution in [0.2, 0.25) is 0 Å². The second-order valence-electron chi connectivity index (χ2n) is 5.59. The van der Waals surface area contributed by atoms with E-state index in [0.717, 1.165) is 51.3 Å². The van der Waals surface area contributed by atoms with Gasteiger partial charge in [-0.15, -0.1) is 0 Å². The number of carbonyl (C=O) groups is 2. The molecule has 0 saturated carbocycles. The van der Waals surface area contributed by atoms with Crippen LogP contribution in [0.1, 0.15) is 32.1 Å². The predicted molar refractivity (Wildman–Crippen MR) is 79.5 cm³/mol. The van der Waals surface area contributed by atoms with E-state index in [1.165, 1.54) is 0 Å². The smallest absolute Gasteiger partial charge is 0.326 e. The molecule has 21 heavy (non-hydrogen) atoms. The van der Waals surface area contributed by atoms with Crippen molar-refractivity contribution in [1.82, 2.24) is 5.32 Å². The summed E-state index contributed by atoms with van der Waals surface area (Å²) in [6.07, 6.45) is 4.83. The van der Waals surface area contributed by atoms with E-state index in [9.17, 15) is 9.59 Å². The van der Waals surface area contributed by atoms with Gasteiger partial charge in [0.2, 0.25) is 6.41 Å². The van der Waals surface area contributed by atoms with E-state index in [0.29, 0.717) is 18.1 Å². The molecule has 2 aliphatic rings. The summed E-state index contributed by atoms with van der Waals surface area (Å²) in [6.45, 7) is 2.30. The van der Waals surface area contributed by atoms with E-state index in [1.54, 1.807) is 11.8 Å². The molecule has 2 aliphatic heterocycles. The van der Waals surface area contributed by atoms with Crippen LogP contribution in [-0.4, -0.2) is 60.0 Å². The molecule has 6 nitrogen and oxygen atoms in total. The van der Waals surface area contributed by atoms with E-state index < -0.39 is 12.0 Å². The minimum absolute atomic E-state index is 0.0264. The third-order valence-electron chi connectivity index (χ3n) is 4.18. The van der Waals surface area contributed by atoms with Gasteiger partial charge in [-0.2, -0.15) is 11.8 Å². The van der Waals surface area contributed by atoms with Crippen LogP contribution in [0.25, 0.3) is 0 Å². The number of rotatable bonds is 7. The normalized spacial score (nSPS) is 26.2. The molecular weight excluding hydrogens is 294 g/mol. The van der Waals surface area contributed by atoms with Gasteiger partial charge in [-0.25, -0.2) is 4.79 Å². The highest BCUT2D eigenvalue weighted by atomic mass is 32.2. The molecule has 1 spiro atoms. The first-order chi connectivity index (χ1) is 10.2. The lowest BCUT2D eigenvalue weighted by atomic mass is 9.86. The Morgan fingerprint density at radius 1 is 1.43 bits per heavy atom. The maximum atomic E-state index is 10.9. The minimum atomic E-state index is -0.976. The summed E-state index contributed by atoms with van der Waals surface area (Å²) in [5.41, 5.74) is -0.0264. The molecule has 0 radical (unpaired) electrons. The zero-order valence-corrected chi connectivity index (χ0v) is 12.9. The summed E-state index contributed by atoms with van der Waals surface area (Å²) < 4.78 is 11.4. The van der Waals surface area contributed by atoms with Crippen LogP contribution in [0.5, 0.6) is 0 Å². The summed E-state index contributed by atoms with van der Waals surface area (Å²) in [4.78, 5) is 21.3. The molecule has 7 heteroatoms. The van der Waals surface area contributed by atoms with Crippen LogP contribution < -0.4 is 5.32 Å². The highest BCUT2D eigenvalue weighted by Gasteiger charge is 2.39. The zero-order chi connectivity index (χ0) is 15.1. The lowest BCUT2D eigenvalue weighted by molar-refractivity contribution is -0.140. The first-order valence-electron chi connectivity index (χ1n) is 7.41. The fourth-order valence-corrected chi connectivity index (χ4v) is 4.32. The van der Waals surface area contributed by atoms with Gasteiger partial charge in [-0.1, -0.05) is 0 Å². The van der Waals surface area contributed by atoms with Gasteiger partial charge in [0, 0.05) is 25.1 Å². The molecule has 2 rings (SSSR count). The van der Waals surface area contributed by atoms with Crippen LogP contribution in [-0.2, 0) is 19.1 Å². The second kappa shape index (κ2) is 8.00. The lowest BCUT2D eigenvalue weighted by Gasteiger charge is -2.43. The Labute approximate surface area is 128 Å². The predicted octanol–water partition coefficient (Wildman–Crippen LogP) is 1.04. The average Bonchev–Trinajstić information content (AvgIpc) is 2.47. The third kappa shape index (κ3) is 4.86. The molecule has 2 saturated heterocycles. The van der Waals surface area contributed by atoms with Crippen molar-refractivity contribution >= 4 is 24.1 Å². The molecular formula is C14H23NO5S. The maximum Gasteiger partial charge on any atom is 0.326 e. The largest absolute Gasteiger partial charge is 0.480 e. The first kappa shape index (κ1) is 16.6. The Morgan fingerprint density at radius 2 is 2.19 bits per heavy atom. The van der Waals surface area contributed by atoms with E-state index in [-0.39, 0.29) is 5.60 Å². The Balaban J connectivity index is 1.75. The highest BCUT2D eigenvalue weighted by Crippen LogP contribution is 2.38. The van der Waals surface area contributed by atoms with Crippen LogP contribution in [0.3, 0.4) is 0 Å². The SMILES string of the molecule is O=CNC(CCSC1CCOC2(CCOCC2)C1)C(=O)O. The van der Waals surface area contributed by atoms with Crippen molar-refractivity contribution in [2.24, 2.45) is 0 Å². The number of carboxylic acids is 1. The van der Waals surface area contributed by atoms with Gasteiger partial charge in [0.15, 0.2) is 0 Å². The van der Waals surface area contributed by atoms with Crippen molar-refractivity contribution in [3.8, 4) is 0 Å². The molecule has 0 bridgehead atoms. The van der Waals surface area contributed by atoms with Gasteiger partial charge in [-0.05, 0) is 37.9 Å². The van der Waals surface area contributed by atoms with E-state index >= 15 is 0 Å². The molecule has 2 heterocycles. The monoisotopic (exact) mass is 317 g/mol. The number of carboxylic acid groups (broad SMARTS) is 1. The molecule has 2 N–H and O–H groups in total. The van der Waals surface area contributed by atoms with E-state index in [4.69, 9.17) is 14.6 Å². The van der Waals surface area contributed by atoms with Crippen molar-refractivity contribution in [1.29, 1.82) is 0 Å². The van der Waals surface area contributed by atoms with Crippen LogP contribution >= 0.6 is 11.8 Å². The van der Waals surface area contributed by atoms with Crippen molar-refractivity contribution in [2.75, 3.05) is 25.6 Å². The zero-order valence-electron chi connectivity index (χ0n) is 12.1. The summed E-state index contributed by atoms with van der Waals surface area (Å²) in [5, 5.41) is 11.8. The molecule has 0 aromatic heterocycles. The molecule has 2 unspecified atom stereocenters. The molecule has 0 aromatic rings. The molecule has 1 amide bonds. The molecule has 0 aliphatic carbocycles. The van der Waals surface area contributed by atoms with E-state index in [2.05, 4.69) is 5.32 Å². The quantitative estimate of drug-likeness (QED) is 0.683. The van der Waals surface area contributed by atoms with Crippen LogP contribution in [0.4, 0.5) is 0 Å². The third-order valence-corrected chi connectivity index (χ3v) is 5.52. The Kier molecular flexibility index (Phi) is 6.32. The summed E-state index contributed by atoms with van der Waals surface area (Å²) in [5.74, 6) is -0.245. The number of ether oxygens (including phenoxy) is 2. The summed E-state index contributed by atoms with van der Waals surface area (Å²) in [7, 11) is 0. The number of aliphatic carboxylic acids is 1. The Hall–Kier alpha value is -0.790. The molecule has 0 aromatic carbocycles. The Bertz CT molecular complexity index is 354. The number of nitrogens with one attached hydrogen (secondary N) is 1. The van der Waals surface area contributed by atoms with Crippen LogP contribution in [0, 0.1) is 0 Å². The first-order valence-corrected chi connectivity index (χ1v) is 8.46. The van der Waals surface area contributed by atoms with Gasteiger partial charge in [0.25, 0.3) is 0 Å². The van der Waals surface area contributed by atoms with Crippen molar-refractivity contribution in [3.63, 3.8) is 0 Å². The fraction of sp³-hybridized carbons (Fsp3) is 0.857. The molecule has 120 valence electrons. The number of amides is 1. The fourth-order valence-electron chi connectivity index (χ4n) is 2.93. The van der Waals surface area contributed by atoms with Gasteiger partial charge in [0.1, 0.15) is 6.04 Å². The standard InChI is InChI=1S/C14H23NO5S/c16-10-15-12(13(17)18)2-8-21-11-1-5-20-14(9-11)3-6-19-7-4-14/h10-12H,1-9H2,(H,15,16)(H,17,18). The van der Waals surface area contributed by atoms with Crippen molar-refractivity contribution in [3.05, 3.63) is 0 Å². The Morgan fingerprint density at radius 3 is 2.86 bits per heavy atom. The van der Waals surface area contributed by atoms with Gasteiger partial charge in [0.05, 0.1) is 5.60 Å². The number of carbonyl (C=O) groups excluding carboxylic acids is 1. The minimum Gasteiger partial charge on any atom is -0.480 e. The number of thioether (sulfide) groups is 1. The topological polar surface area (TPSA) is 84.9 Å². The molecule has 2 atom stereocenters. The van der Waals surface area contributed by atoms with Gasteiger partial charge in [-0.3, -0.25) is 4.79 Å². The summed E-state index contributed by atoms with van der Waals surface area (Å²) >= 11 is 1.80. The van der Waals surface area contributed by atoms with Gasteiger partial charge >= 0.3 is 5.97 Å². The number of hydrogen-bond acceptors (Lipinski definition) is 5.